The van der Waals surface area contributed by atoms with E-state index in [0.29, 0.717) is 29.4 Å². The van der Waals surface area contributed by atoms with Gasteiger partial charge in [0.05, 0.1) is 18.0 Å². The maximum atomic E-state index is 12.2. The Bertz CT molecular complexity index is 793. The summed E-state index contributed by atoms with van der Waals surface area (Å²) in [4.78, 5) is 38.3. The van der Waals surface area contributed by atoms with Crippen LogP contribution in [0.25, 0.3) is 0 Å². The van der Waals surface area contributed by atoms with Crippen LogP contribution in [0.3, 0.4) is 0 Å². The van der Waals surface area contributed by atoms with Gasteiger partial charge in [0.25, 0.3) is 5.91 Å². The summed E-state index contributed by atoms with van der Waals surface area (Å²) in [5, 5.41) is 10.2. The van der Waals surface area contributed by atoms with E-state index in [1.165, 1.54) is 11.3 Å². The summed E-state index contributed by atoms with van der Waals surface area (Å²) in [6.07, 6.45) is 0.746. The van der Waals surface area contributed by atoms with Gasteiger partial charge in [0, 0.05) is 31.6 Å². The fourth-order valence-electron chi connectivity index (χ4n) is 2.48. The number of thiophene rings is 1. The molecule has 29 heavy (non-hydrogen) atoms. The van der Waals surface area contributed by atoms with E-state index in [9.17, 15) is 14.4 Å². The second-order valence-electron chi connectivity index (χ2n) is 6.43. The molecule has 0 saturated carbocycles. The lowest BCUT2D eigenvalue weighted by molar-refractivity contribution is -0.123. The minimum Gasteiger partial charge on any atom is -0.385 e. The predicted octanol–water partition coefficient (Wildman–Crippen LogP) is 2.02. The van der Waals surface area contributed by atoms with Gasteiger partial charge in [-0.25, -0.2) is 0 Å². The SMILES string of the molecule is COCCCNC(=O)CN(C)CC(=O)Nc1ccc(NC(=O)c2cccs2)cc1. The molecule has 0 saturated heterocycles. The molecular formula is C20H26N4O4S. The summed E-state index contributed by atoms with van der Waals surface area (Å²) in [6, 6.07) is 10.4. The number of nitrogens with zero attached hydrogens (tertiary/aromatic N) is 1. The minimum atomic E-state index is -0.227. The summed E-state index contributed by atoms with van der Waals surface area (Å²) in [6.45, 7) is 1.35. The lowest BCUT2D eigenvalue weighted by atomic mass is 10.2. The molecular weight excluding hydrogens is 392 g/mol. The van der Waals surface area contributed by atoms with Crippen LogP contribution < -0.4 is 16.0 Å². The van der Waals surface area contributed by atoms with Gasteiger partial charge in [-0.3, -0.25) is 19.3 Å². The third-order valence-electron chi connectivity index (χ3n) is 3.85. The van der Waals surface area contributed by atoms with Gasteiger partial charge in [0.15, 0.2) is 0 Å². The molecule has 0 spiro atoms. The molecule has 0 bridgehead atoms. The van der Waals surface area contributed by atoms with Gasteiger partial charge in [0.2, 0.25) is 11.8 Å². The van der Waals surface area contributed by atoms with Gasteiger partial charge in [-0.15, -0.1) is 11.3 Å². The van der Waals surface area contributed by atoms with Crippen LogP contribution in [0.15, 0.2) is 41.8 Å². The number of ether oxygens (including phenoxy) is 1. The number of amides is 3. The maximum Gasteiger partial charge on any atom is 0.265 e. The van der Waals surface area contributed by atoms with Crippen molar-refractivity contribution in [3.8, 4) is 0 Å². The fraction of sp³-hybridized carbons (Fsp3) is 0.350. The first-order chi connectivity index (χ1) is 14.0. The van der Waals surface area contributed by atoms with Crippen LogP contribution in [0.1, 0.15) is 16.1 Å². The number of hydrogen-bond acceptors (Lipinski definition) is 6. The van der Waals surface area contributed by atoms with Crippen LogP contribution in [-0.4, -0.2) is 63.0 Å². The molecule has 1 aromatic heterocycles. The molecule has 1 heterocycles. The molecule has 0 aliphatic carbocycles. The molecule has 3 N–H and O–H groups in total. The van der Waals surface area contributed by atoms with Crippen molar-refractivity contribution in [2.75, 3.05) is 51.0 Å². The average Bonchev–Trinajstić information content (AvgIpc) is 3.21. The van der Waals surface area contributed by atoms with Gasteiger partial charge in [0.1, 0.15) is 0 Å². The van der Waals surface area contributed by atoms with Crippen LogP contribution in [0.4, 0.5) is 11.4 Å². The molecule has 3 amide bonds. The van der Waals surface area contributed by atoms with Gasteiger partial charge in [-0.05, 0) is 49.2 Å². The second-order valence-corrected chi connectivity index (χ2v) is 7.37. The summed E-state index contributed by atoms with van der Waals surface area (Å²) >= 11 is 1.37. The third-order valence-corrected chi connectivity index (χ3v) is 4.71. The normalized spacial score (nSPS) is 10.6. The highest BCUT2D eigenvalue weighted by atomic mass is 32.1. The van der Waals surface area contributed by atoms with Crippen molar-refractivity contribution in [3.05, 3.63) is 46.7 Å². The lowest BCUT2D eigenvalue weighted by Crippen LogP contribution is -2.39. The van der Waals surface area contributed by atoms with E-state index in [-0.39, 0.29) is 30.8 Å². The third kappa shape index (κ3) is 8.43. The number of nitrogens with one attached hydrogen (secondary N) is 3. The number of carbonyl (C=O) groups is 3. The lowest BCUT2D eigenvalue weighted by Gasteiger charge is -2.16. The molecule has 0 aliphatic rings. The first-order valence-electron chi connectivity index (χ1n) is 9.17. The van der Waals surface area contributed by atoms with Crippen LogP contribution in [-0.2, 0) is 14.3 Å². The maximum absolute atomic E-state index is 12.2. The Morgan fingerprint density at radius 2 is 1.66 bits per heavy atom. The van der Waals surface area contributed by atoms with E-state index in [4.69, 9.17) is 4.74 Å². The summed E-state index contributed by atoms with van der Waals surface area (Å²) < 4.78 is 4.92. The molecule has 8 nitrogen and oxygen atoms in total. The molecule has 2 rings (SSSR count). The molecule has 1 aromatic carbocycles. The summed E-state index contributed by atoms with van der Waals surface area (Å²) in [5.41, 5.74) is 1.25. The Morgan fingerprint density at radius 1 is 1.00 bits per heavy atom. The Hall–Kier alpha value is -2.75. The highest BCUT2D eigenvalue weighted by Crippen LogP contribution is 2.16. The largest absolute Gasteiger partial charge is 0.385 e. The molecule has 0 atom stereocenters. The zero-order valence-electron chi connectivity index (χ0n) is 16.6. The molecule has 0 fully saturated rings. The first kappa shape index (κ1) is 22.5. The topological polar surface area (TPSA) is 99.8 Å². The number of carbonyl (C=O) groups excluding carboxylic acids is 3. The van der Waals surface area contributed by atoms with Gasteiger partial charge in [-0.2, -0.15) is 0 Å². The number of rotatable bonds is 11. The van der Waals surface area contributed by atoms with Crippen molar-refractivity contribution in [1.82, 2.24) is 10.2 Å². The van der Waals surface area contributed by atoms with Gasteiger partial charge < -0.3 is 20.7 Å². The second kappa shape index (κ2) is 11.9. The Morgan fingerprint density at radius 3 is 2.28 bits per heavy atom. The quantitative estimate of drug-likeness (QED) is 0.485. The molecule has 0 aliphatic heterocycles. The van der Waals surface area contributed by atoms with Crippen molar-refractivity contribution < 1.29 is 19.1 Å². The van der Waals surface area contributed by atoms with Gasteiger partial charge >= 0.3 is 0 Å². The van der Waals surface area contributed by atoms with E-state index < -0.39 is 0 Å². The van der Waals surface area contributed by atoms with Crippen LogP contribution in [0.5, 0.6) is 0 Å². The number of anilines is 2. The van der Waals surface area contributed by atoms with E-state index in [0.717, 1.165) is 6.42 Å². The van der Waals surface area contributed by atoms with Crippen molar-refractivity contribution in [2.24, 2.45) is 0 Å². The van der Waals surface area contributed by atoms with Crippen molar-refractivity contribution in [2.45, 2.75) is 6.42 Å². The Labute approximate surface area is 174 Å². The smallest absolute Gasteiger partial charge is 0.265 e. The van der Waals surface area contributed by atoms with E-state index in [1.54, 1.807) is 49.4 Å². The number of hydrogen-bond donors (Lipinski definition) is 3. The molecule has 0 radical (unpaired) electrons. The van der Waals surface area contributed by atoms with E-state index in [1.807, 2.05) is 11.4 Å². The van der Waals surface area contributed by atoms with Gasteiger partial charge in [-0.1, -0.05) is 6.07 Å². The monoisotopic (exact) mass is 418 g/mol. The highest BCUT2D eigenvalue weighted by Gasteiger charge is 2.11. The summed E-state index contributed by atoms with van der Waals surface area (Å²) in [7, 11) is 3.32. The van der Waals surface area contributed by atoms with Crippen LogP contribution in [0, 0.1) is 0 Å². The zero-order chi connectivity index (χ0) is 21.1. The number of benzene rings is 1. The average molecular weight is 419 g/mol. The van der Waals surface area contributed by atoms with E-state index >= 15 is 0 Å². The predicted molar refractivity (Wildman–Crippen MR) is 114 cm³/mol. The molecule has 0 unspecified atom stereocenters. The number of methoxy groups -OCH3 is 1. The summed E-state index contributed by atoms with van der Waals surface area (Å²) in [5.74, 6) is -0.531. The van der Waals surface area contributed by atoms with Crippen LogP contribution >= 0.6 is 11.3 Å². The standard InChI is InChI=1S/C20H26N4O4S/c1-24(13-18(25)21-10-4-11-28-2)14-19(26)22-15-6-8-16(9-7-15)23-20(27)17-5-3-12-29-17/h3,5-9,12H,4,10-11,13-14H2,1-2H3,(H,21,25)(H,22,26)(H,23,27). The van der Waals surface area contributed by atoms with Crippen LogP contribution in [0.2, 0.25) is 0 Å². The Kier molecular flexibility index (Phi) is 9.29. The molecule has 9 heteroatoms. The van der Waals surface area contributed by atoms with Crippen molar-refractivity contribution in [1.29, 1.82) is 0 Å². The van der Waals surface area contributed by atoms with E-state index in [2.05, 4.69) is 16.0 Å². The zero-order valence-corrected chi connectivity index (χ0v) is 17.4. The number of likely N-dealkylation sites (N-methyl/N-ethyl adjacent to an activating group) is 1. The Balaban J connectivity index is 1.72. The van der Waals surface area contributed by atoms with Crippen molar-refractivity contribution >= 4 is 40.4 Å². The minimum absolute atomic E-state index is 0.0857. The van der Waals surface area contributed by atoms with Crippen molar-refractivity contribution in [3.63, 3.8) is 0 Å². The molecule has 156 valence electrons. The first-order valence-corrected chi connectivity index (χ1v) is 10.0. The fourth-order valence-corrected chi connectivity index (χ4v) is 3.10. The molecule has 2 aromatic rings. The highest BCUT2D eigenvalue weighted by molar-refractivity contribution is 7.12.